The number of hydrogen-bond donors (Lipinski definition) is 4. The molecule has 6 N–H and O–H groups in total. The topological polar surface area (TPSA) is 101 Å². The third-order valence-corrected chi connectivity index (χ3v) is 1.56. The zero-order chi connectivity index (χ0) is 9.84. The van der Waals surface area contributed by atoms with Gasteiger partial charge in [-0.2, -0.15) is 0 Å². The van der Waals surface area contributed by atoms with Crippen molar-refractivity contribution in [2.75, 3.05) is 5.73 Å². The number of carbonyl (C=O) groups is 1. The zero-order valence-electron chi connectivity index (χ0n) is 6.95. The molecule has 1 rings (SSSR count). The van der Waals surface area contributed by atoms with E-state index in [-0.39, 0.29) is 12.3 Å². The summed E-state index contributed by atoms with van der Waals surface area (Å²) in [5.41, 5.74) is 11.4. The smallest absolute Gasteiger partial charge is 0.312 e. The van der Waals surface area contributed by atoms with E-state index in [1.54, 1.807) is 12.1 Å². The van der Waals surface area contributed by atoms with Gasteiger partial charge in [0.1, 0.15) is 5.75 Å². The molecule has 0 saturated heterocycles. The molecule has 0 spiro atoms. The summed E-state index contributed by atoms with van der Waals surface area (Å²) >= 11 is 0. The molecule has 5 heteroatoms. The number of phenolic OH excluding ortho intramolecular Hbond substituents is 1. The van der Waals surface area contributed by atoms with E-state index < -0.39 is 6.03 Å². The second-order valence-corrected chi connectivity index (χ2v) is 2.61. The molecule has 0 aromatic heterocycles. The van der Waals surface area contributed by atoms with Gasteiger partial charge >= 0.3 is 6.03 Å². The molecule has 5 nitrogen and oxygen atoms in total. The molecule has 0 aliphatic carbocycles. The van der Waals surface area contributed by atoms with Crippen LogP contribution >= 0.6 is 0 Å². The number of amides is 2. The number of nitrogen functional groups attached to an aromatic ring is 1. The number of benzene rings is 1. The maximum atomic E-state index is 10.4. The van der Waals surface area contributed by atoms with Crippen LogP contribution in [0.1, 0.15) is 5.56 Å². The lowest BCUT2D eigenvalue weighted by molar-refractivity contribution is 0.248. The fourth-order valence-electron chi connectivity index (χ4n) is 0.929. The van der Waals surface area contributed by atoms with Crippen molar-refractivity contribution in [2.45, 2.75) is 6.54 Å². The molecule has 70 valence electrons. The maximum Gasteiger partial charge on any atom is 0.312 e. The van der Waals surface area contributed by atoms with Crippen molar-refractivity contribution in [3.8, 4) is 5.75 Å². The number of nitrogens with two attached hydrogens (primary N) is 2. The Balaban J connectivity index is 2.75. The van der Waals surface area contributed by atoms with E-state index in [1.807, 2.05) is 0 Å². The number of carbonyl (C=O) groups excluding carboxylic acids is 1. The highest BCUT2D eigenvalue weighted by Crippen LogP contribution is 2.18. The number of aromatic hydroxyl groups is 1. The van der Waals surface area contributed by atoms with Crippen LogP contribution < -0.4 is 16.8 Å². The van der Waals surface area contributed by atoms with Crippen LogP contribution in [0.15, 0.2) is 18.2 Å². The van der Waals surface area contributed by atoms with Gasteiger partial charge in [-0.05, 0) is 18.2 Å². The second-order valence-electron chi connectivity index (χ2n) is 2.61. The lowest BCUT2D eigenvalue weighted by Crippen LogP contribution is -2.28. The summed E-state index contributed by atoms with van der Waals surface area (Å²) < 4.78 is 0. The fourth-order valence-corrected chi connectivity index (χ4v) is 0.929. The Kier molecular flexibility index (Phi) is 2.59. The molecule has 0 saturated carbocycles. The Morgan fingerprint density at radius 3 is 2.85 bits per heavy atom. The van der Waals surface area contributed by atoms with Crippen molar-refractivity contribution >= 4 is 11.7 Å². The first-order valence-corrected chi connectivity index (χ1v) is 3.70. The average molecular weight is 181 g/mol. The van der Waals surface area contributed by atoms with Crippen LogP contribution in [0.2, 0.25) is 0 Å². The van der Waals surface area contributed by atoms with Gasteiger partial charge in [0.2, 0.25) is 0 Å². The third-order valence-electron chi connectivity index (χ3n) is 1.56. The number of rotatable bonds is 2. The van der Waals surface area contributed by atoms with E-state index in [0.29, 0.717) is 11.3 Å². The summed E-state index contributed by atoms with van der Waals surface area (Å²) in [5, 5.41) is 11.7. The fraction of sp³-hybridized carbons (Fsp3) is 0.125. The van der Waals surface area contributed by atoms with Gasteiger partial charge in [0.15, 0.2) is 0 Å². The number of hydrogen-bond acceptors (Lipinski definition) is 3. The minimum Gasteiger partial charge on any atom is -0.508 e. The van der Waals surface area contributed by atoms with Crippen LogP contribution in [0.25, 0.3) is 0 Å². The lowest BCUT2D eigenvalue weighted by atomic mass is 10.2. The van der Waals surface area contributed by atoms with Gasteiger partial charge in [0.25, 0.3) is 0 Å². The molecule has 0 unspecified atom stereocenters. The average Bonchev–Trinajstić information content (AvgIpc) is 2.06. The number of anilines is 1. The van der Waals surface area contributed by atoms with Crippen LogP contribution in [0.3, 0.4) is 0 Å². The first kappa shape index (κ1) is 9.18. The van der Waals surface area contributed by atoms with Gasteiger partial charge < -0.3 is 21.9 Å². The van der Waals surface area contributed by atoms with Crippen molar-refractivity contribution in [1.82, 2.24) is 5.32 Å². The number of primary amides is 1. The van der Waals surface area contributed by atoms with Crippen molar-refractivity contribution < 1.29 is 9.90 Å². The van der Waals surface area contributed by atoms with Gasteiger partial charge in [0, 0.05) is 17.8 Å². The largest absolute Gasteiger partial charge is 0.508 e. The molecule has 0 aliphatic rings. The van der Waals surface area contributed by atoms with E-state index in [0.717, 1.165) is 0 Å². The highest BCUT2D eigenvalue weighted by molar-refractivity contribution is 5.71. The summed E-state index contributed by atoms with van der Waals surface area (Å²) in [4.78, 5) is 10.4. The maximum absolute atomic E-state index is 10.4. The predicted molar refractivity (Wildman–Crippen MR) is 48.9 cm³/mol. The van der Waals surface area contributed by atoms with E-state index >= 15 is 0 Å². The molecule has 0 bridgehead atoms. The highest BCUT2D eigenvalue weighted by atomic mass is 16.3. The SMILES string of the molecule is NC(=O)NCc1cc(N)ccc1O. The highest BCUT2D eigenvalue weighted by Gasteiger charge is 2.01. The van der Waals surface area contributed by atoms with Gasteiger partial charge in [-0.25, -0.2) is 4.79 Å². The minimum atomic E-state index is -0.637. The standard InChI is InChI=1S/C8H11N3O2/c9-6-1-2-7(12)5(3-6)4-11-8(10)13/h1-3,12H,4,9H2,(H3,10,11,13). The number of urea groups is 1. The van der Waals surface area contributed by atoms with E-state index in [9.17, 15) is 9.90 Å². The van der Waals surface area contributed by atoms with Crippen molar-refractivity contribution in [1.29, 1.82) is 0 Å². The molecule has 0 radical (unpaired) electrons. The molecular weight excluding hydrogens is 170 g/mol. The van der Waals surface area contributed by atoms with Crippen molar-refractivity contribution in [3.05, 3.63) is 23.8 Å². The molecule has 2 amide bonds. The Hall–Kier alpha value is -1.91. The molecular formula is C8H11N3O2. The number of nitrogens with one attached hydrogen (secondary N) is 1. The molecule has 0 fully saturated rings. The van der Waals surface area contributed by atoms with E-state index in [2.05, 4.69) is 5.32 Å². The Morgan fingerprint density at radius 2 is 2.23 bits per heavy atom. The zero-order valence-corrected chi connectivity index (χ0v) is 6.95. The van der Waals surface area contributed by atoms with Gasteiger partial charge in [0.05, 0.1) is 0 Å². The summed E-state index contributed by atoms with van der Waals surface area (Å²) in [7, 11) is 0. The van der Waals surface area contributed by atoms with Crippen LogP contribution in [-0.4, -0.2) is 11.1 Å². The molecule has 0 heterocycles. The van der Waals surface area contributed by atoms with Gasteiger partial charge in [-0.1, -0.05) is 0 Å². The predicted octanol–water partition coefficient (Wildman–Crippen LogP) is 0.143. The van der Waals surface area contributed by atoms with E-state index in [4.69, 9.17) is 11.5 Å². The van der Waals surface area contributed by atoms with Gasteiger partial charge in [-0.3, -0.25) is 0 Å². The van der Waals surface area contributed by atoms with Crippen LogP contribution in [0.5, 0.6) is 5.75 Å². The third kappa shape index (κ3) is 2.55. The first-order valence-electron chi connectivity index (χ1n) is 3.70. The van der Waals surface area contributed by atoms with Gasteiger partial charge in [-0.15, -0.1) is 0 Å². The minimum absolute atomic E-state index is 0.0861. The lowest BCUT2D eigenvalue weighted by Gasteiger charge is -2.05. The van der Waals surface area contributed by atoms with Crippen LogP contribution in [-0.2, 0) is 6.54 Å². The normalized spacial score (nSPS) is 9.54. The molecule has 1 aromatic rings. The van der Waals surface area contributed by atoms with Crippen LogP contribution in [0, 0.1) is 0 Å². The first-order chi connectivity index (χ1) is 6.09. The molecule has 13 heavy (non-hydrogen) atoms. The number of phenols is 1. The molecule has 0 aliphatic heterocycles. The Morgan fingerprint density at radius 1 is 1.54 bits per heavy atom. The Labute approximate surface area is 75.3 Å². The Bertz CT molecular complexity index is 325. The van der Waals surface area contributed by atoms with Crippen molar-refractivity contribution in [3.63, 3.8) is 0 Å². The summed E-state index contributed by atoms with van der Waals surface area (Å²) in [6.45, 7) is 0.173. The summed E-state index contributed by atoms with van der Waals surface area (Å²) in [5.74, 6) is 0.0861. The monoisotopic (exact) mass is 181 g/mol. The summed E-state index contributed by atoms with van der Waals surface area (Å²) in [6, 6.07) is 3.98. The molecule has 1 aromatic carbocycles. The molecule has 0 atom stereocenters. The van der Waals surface area contributed by atoms with Crippen molar-refractivity contribution in [2.24, 2.45) is 5.73 Å². The quantitative estimate of drug-likeness (QED) is 0.385. The van der Waals surface area contributed by atoms with Crippen LogP contribution in [0.4, 0.5) is 10.5 Å². The van der Waals surface area contributed by atoms with E-state index in [1.165, 1.54) is 6.07 Å². The summed E-state index contributed by atoms with van der Waals surface area (Å²) in [6.07, 6.45) is 0. The second kappa shape index (κ2) is 3.66.